The maximum atomic E-state index is 13.9. The lowest BCUT2D eigenvalue weighted by Gasteiger charge is -2.33. The number of ether oxygens (including phenoxy) is 2. The lowest BCUT2D eigenvalue weighted by atomic mass is 9.95. The molecule has 14 nitrogen and oxygen atoms in total. The number of aromatic amines is 2. The van der Waals surface area contributed by atoms with Crippen LogP contribution in [0.3, 0.4) is 0 Å². The summed E-state index contributed by atoms with van der Waals surface area (Å²) in [7, 11) is 2.58. The van der Waals surface area contributed by atoms with Crippen molar-refractivity contribution in [2.75, 3.05) is 27.3 Å². The van der Waals surface area contributed by atoms with Crippen LogP contribution >= 0.6 is 0 Å². The molecule has 1 saturated heterocycles. The standard InChI is InChI=1S/C47H56N8O6/c1-9-22-54(44(56)38(26(2)3)52-46(58)60-7)28(6)42-48-25-36(49-42)30-18-16-29(17-19-30)31-20-21-34-35(24-31)32-13-10-11-14-33(32)40-41(34)51-43(50-40)37-15-12-23-55(37)45(57)39(27(4)5)53-47(59)61-8/h10-11,13-14,16-21,24-28,37-39H,9,12,15,22-23H2,1-8H3,(H,48,49)(H,50,51)(H,52,58)(H,53,59). The summed E-state index contributed by atoms with van der Waals surface area (Å²) in [6.45, 7) is 12.6. The summed E-state index contributed by atoms with van der Waals surface area (Å²) in [6.07, 6.45) is 2.85. The number of carbonyl (C=O) groups is 4. The fourth-order valence-corrected chi connectivity index (χ4v) is 8.52. The van der Waals surface area contributed by atoms with E-state index in [0.717, 1.165) is 80.0 Å². The Morgan fingerprint density at radius 2 is 1.44 bits per heavy atom. The van der Waals surface area contributed by atoms with E-state index >= 15 is 0 Å². The highest BCUT2D eigenvalue weighted by molar-refractivity contribution is 6.23. The quantitative estimate of drug-likeness (QED) is 0.0837. The number of rotatable bonds is 13. The van der Waals surface area contributed by atoms with Gasteiger partial charge < -0.3 is 39.9 Å². The Balaban J connectivity index is 1.16. The molecule has 1 aliphatic heterocycles. The minimum absolute atomic E-state index is 0.128. The maximum Gasteiger partial charge on any atom is 0.407 e. The molecule has 0 aliphatic carbocycles. The molecule has 4 N–H and O–H groups in total. The van der Waals surface area contributed by atoms with Crippen molar-refractivity contribution in [1.82, 2.24) is 40.4 Å². The summed E-state index contributed by atoms with van der Waals surface area (Å²) in [5.74, 6) is 0.783. The Morgan fingerprint density at radius 3 is 2.10 bits per heavy atom. The van der Waals surface area contributed by atoms with Crippen LogP contribution in [-0.4, -0.2) is 93.1 Å². The number of imidazole rings is 2. The first kappa shape index (κ1) is 42.7. The smallest absolute Gasteiger partial charge is 0.407 e. The van der Waals surface area contributed by atoms with Gasteiger partial charge in [0.05, 0.1) is 49.2 Å². The minimum atomic E-state index is -0.735. The Bertz CT molecular complexity index is 2560. The van der Waals surface area contributed by atoms with Crippen molar-refractivity contribution in [3.8, 4) is 22.4 Å². The molecular weight excluding hydrogens is 773 g/mol. The molecule has 7 rings (SSSR count). The second kappa shape index (κ2) is 18.0. The van der Waals surface area contributed by atoms with Crippen LogP contribution < -0.4 is 10.6 Å². The molecule has 6 aromatic rings. The Morgan fingerprint density at radius 1 is 0.803 bits per heavy atom. The van der Waals surface area contributed by atoms with E-state index in [4.69, 9.17) is 14.5 Å². The highest BCUT2D eigenvalue weighted by atomic mass is 16.5. The zero-order valence-corrected chi connectivity index (χ0v) is 36.2. The number of nitrogens with one attached hydrogen (secondary N) is 4. The molecule has 4 amide bonds. The molecule has 3 heterocycles. The Kier molecular flexibility index (Phi) is 12.6. The molecule has 1 aliphatic rings. The number of alkyl carbamates (subject to hydrolysis) is 2. The average Bonchev–Trinajstić information content (AvgIpc) is 4.06. The van der Waals surface area contributed by atoms with E-state index in [-0.39, 0.29) is 35.7 Å². The van der Waals surface area contributed by atoms with Gasteiger partial charge in [-0.25, -0.2) is 19.6 Å². The van der Waals surface area contributed by atoms with Gasteiger partial charge in [-0.05, 0) is 71.6 Å². The predicted molar refractivity (Wildman–Crippen MR) is 237 cm³/mol. The first-order chi connectivity index (χ1) is 29.3. The van der Waals surface area contributed by atoms with E-state index < -0.39 is 24.3 Å². The van der Waals surface area contributed by atoms with Crippen molar-refractivity contribution in [3.63, 3.8) is 0 Å². The summed E-state index contributed by atoms with van der Waals surface area (Å²) >= 11 is 0. The maximum absolute atomic E-state index is 13.9. The highest BCUT2D eigenvalue weighted by Gasteiger charge is 2.38. The first-order valence-corrected chi connectivity index (χ1v) is 21.1. The van der Waals surface area contributed by atoms with Gasteiger partial charge in [-0.3, -0.25) is 9.59 Å². The molecule has 320 valence electrons. The van der Waals surface area contributed by atoms with Crippen molar-refractivity contribution in [3.05, 3.63) is 84.6 Å². The van der Waals surface area contributed by atoms with Crippen molar-refractivity contribution in [1.29, 1.82) is 0 Å². The fraction of sp³-hybridized carbons (Fsp3) is 0.404. The van der Waals surface area contributed by atoms with Crippen molar-refractivity contribution < 1.29 is 28.7 Å². The van der Waals surface area contributed by atoms with Crippen LogP contribution in [0.5, 0.6) is 0 Å². The number of H-pyrrole nitrogens is 2. The summed E-state index contributed by atoms with van der Waals surface area (Å²) in [5, 5.41) is 9.66. The summed E-state index contributed by atoms with van der Waals surface area (Å²) in [4.78, 5) is 72.4. The van der Waals surface area contributed by atoms with Crippen LogP contribution in [0.4, 0.5) is 9.59 Å². The number of likely N-dealkylation sites (tertiary alicyclic amines) is 1. The van der Waals surface area contributed by atoms with Gasteiger partial charge in [-0.1, -0.05) is 95.3 Å². The minimum Gasteiger partial charge on any atom is -0.453 e. The molecule has 0 bridgehead atoms. The number of nitrogens with zero attached hydrogens (tertiary/aromatic N) is 4. The number of hydrogen-bond acceptors (Lipinski definition) is 8. The van der Waals surface area contributed by atoms with E-state index in [1.165, 1.54) is 14.2 Å². The molecule has 0 radical (unpaired) electrons. The number of hydrogen-bond donors (Lipinski definition) is 4. The lowest BCUT2D eigenvalue weighted by Crippen LogP contribution is -2.52. The lowest BCUT2D eigenvalue weighted by molar-refractivity contribution is -0.137. The summed E-state index contributed by atoms with van der Waals surface area (Å²) < 4.78 is 9.61. The second-order valence-corrected chi connectivity index (χ2v) is 16.5. The molecule has 14 heteroatoms. The first-order valence-electron chi connectivity index (χ1n) is 21.1. The highest BCUT2D eigenvalue weighted by Crippen LogP contribution is 2.39. The summed E-state index contributed by atoms with van der Waals surface area (Å²) in [6, 6.07) is 21.0. The third-order valence-corrected chi connectivity index (χ3v) is 11.9. The van der Waals surface area contributed by atoms with Gasteiger partial charge in [0.25, 0.3) is 0 Å². The topological polar surface area (TPSA) is 175 Å². The predicted octanol–water partition coefficient (Wildman–Crippen LogP) is 8.65. The van der Waals surface area contributed by atoms with Gasteiger partial charge in [-0.15, -0.1) is 0 Å². The van der Waals surface area contributed by atoms with E-state index in [1.54, 1.807) is 11.1 Å². The largest absolute Gasteiger partial charge is 0.453 e. The third kappa shape index (κ3) is 8.48. The van der Waals surface area contributed by atoms with Crippen LogP contribution in [-0.2, 0) is 19.1 Å². The number of carbonyl (C=O) groups excluding carboxylic acids is 4. The molecule has 1 fully saturated rings. The van der Waals surface area contributed by atoms with Crippen LogP contribution in [0.25, 0.3) is 55.0 Å². The zero-order chi connectivity index (χ0) is 43.5. The molecule has 61 heavy (non-hydrogen) atoms. The van der Waals surface area contributed by atoms with Gasteiger partial charge in [0.2, 0.25) is 11.8 Å². The third-order valence-electron chi connectivity index (χ3n) is 11.9. The number of fused-ring (bicyclic) bond motifs is 6. The second-order valence-electron chi connectivity index (χ2n) is 16.5. The molecule has 4 aromatic carbocycles. The number of amides is 4. The molecule has 4 unspecified atom stereocenters. The monoisotopic (exact) mass is 828 g/mol. The number of methoxy groups -OCH3 is 2. The van der Waals surface area contributed by atoms with E-state index in [2.05, 4.69) is 80.2 Å². The SMILES string of the molecule is CCCN(C(=O)C(NC(=O)OC)C(C)C)C(C)c1ncc(-c2ccc(-c3ccc4c(c3)c3ccccc3c3nc(C5CCCN5C(=O)C(NC(=O)OC)C(C)C)[nH]c43)cc2)[nH]1. The van der Waals surface area contributed by atoms with Gasteiger partial charge >= 0.3 is 12.2 Å². The molecule has 2 aromatic heterocycles. The van der Waals surface area contributed by atoms with Gasteiger partial charge in [0, 0.05) is 23.9 Å². The number of aromatic nitrogens is 4. The van der Waals surface area contributed by atoms with Crippen molar-refractivity contribution in [2.24, 2.45) is 11.8 Å². The van der Waals surface area contributed by atoms with Gasteiger partial charge in [0.15, 0.2) is 0 Å². The van der Waals surface area contributed by atoms with Crippen LogP contribution in [0.2, 0.25) is 0 Å². The van der Waals surface area contributed by atoms with Gasteiger partial charge in [-0.2, -0.15) is 0 Å². The zero-order valence-electron chi connectivity index (χ0n) is 36.2. The van der Waals surface area contributed by atoms with Crippen LogP contribution in [0.15, 0.2) is 72.9 Å². The van der Waals surface area contributed by atoms with Crippen LogP contribution in [0, 0.1) is 11.8 Å². The normalized spacial score (nSPS) is 15.6. The van der Waals surface area contributed by atoms with Crippen molar-refractivity contribution >= 4 is 56.6 Å². The van der Waals surface area contributed by atoms with Gasteiger partial charge in [0.1, 0.15) is 23.7 Å². The van der Waals surface area contributed by atoms with E-state index in [9.17, 15) is 19.2 Å². The van der Waals surface area contributed by atoms with E-state index in [0.29, 0.717) is 18.9 Å². The van der Waals surface area contributed by atoms with E-state index in [1.807, 2.05) is 58.6 Å². The van der Waals surface area contributed by atoms with Crippen LogP contribution in [0.1, 0.15) is 84.5 Å². The van der Waals surface area contributed by atoms with Crippen molar-refractivity contribution in [2.45, 2.75) is 85.0 Å². The molecule has 4 atom stereocenters. The average molecular weight is 829 g/mol. The Labute approximate surface area is 355 Å². The summed E-state index contributed by atoms with van der Waals surface area (Å²) in [5.41, 5.74) is 5.66. The number of benzene rings is 4. The molecular formula is C47H56N8O6. The molecule has 0 spiro atoms. The molecule has 0 saturated carbocycles. The Hall–Kier alpha value is -6.44. The fourth-order valence-electron chi connectivity index (χ4n) is 8.52.